The summed E-state index contributed by atoms with van der Waals surface area (Å²) < 4.78 is 15.4. The van der Waals surface area contributed by atoms with Crippen LogP contribution in [0.5, 0.6) is 0 Å². The van der Waals surface area contributed by atoms with Gasteiger partial charge in [0.1, 0.15) is 23.7 Å². The highest BCUT2D eigenvalue weighted by Crippen LogP contribution is 2.35. The van der Waals surface area contributed by atoms with Crippen LogP contribution in [0, 0.1) is 0 Å². The van der Waals surface area contributed by atoms with Crippen molar-refractivity contribution in [3.05, 3.63) is 60.3 Å². The maximum atomic E-state index is 13.6. The molecule has 6 rings (SSSR count). The molecule has 2 aromatic carbocycles. The lowest BCUT2D eigenvalue weighted by molar-refractivity contribution is -0.138. The minimum Gasteiger partial charge on any atom is -0.453 e. The third-order valence-electron chi connectivity index (χ3n) is 10.1. The number of aromatic nitrogens is 4. The number of H-pyrrole nitrogens is 2. The van der Waals surface area contributed by atoms with E-state index in [1.165, 1.54) is 14.2 Å². The van der Waals surface area contributed by atoms with E-state index in [1.807, 2.05) is 35.4 Å². The van der Waals surface area contributed by atoms with Crippen LogP contribution in [0.2, 0.25) is 0 Å². The summed E-state index contributed by atoms with van der Waals surface area (Å²) in [7, 11) is 4.32. The minimum absolute atomic E-state index is 0.127. The van der Waals surface area contributed by atoms with Crippen LogP contribution in [0.25, 0.3) is 33.4 Å². The third kappa shape index (κ3) is 6.96. The molecule has 2 aliphatic heterocycles. The van der Waals surface area contributed by atoms with Crippen molar-refractivity contribution in [3.63, 3.8) is 0 Å². The van der Waals surface area contributed by atoms with Crippen molar-refractivity contribution < 1.29 is 28.6 Å². The van der Waals surface area contributed by atoms with Crippen LogP contribution in [-0.2, 0) is 23.8 Å². The molecule has 50 heavy (non-hydrogen) atoms. The molecule has 2 fully saturated rings. The van der Waals surface area contributed by atoms with Crippen LogP contribution in [0.15, 0.2) is 48.7 Å². The third-order valence-corrected chi connectivity index (χ3v) is 10.1. The van der Waals surface area contributed by atoms with Crippen LogP contribution in [0.3, 0.4) is 0 Å². The number of amides is 3. The zero-order valence-corrected chi connectivity index (χ0v) is 29.1. The first kappa shape index (κ1) is 35.1. The number of hydrogen-bond acceptors (Lipinski definition) is 9. The Morgan fingerprint density at radius 3 is 2.12 bits per heavy atom. The molecule has 0 spiro atoms. The molecule has 3 amide bonds. The van der Waals surface area contributed by atoms with Gasteiger partial charge in [-0.05, 0) is 68.4 Å². The van der Waals surface area contributed by atoms with E-state index in [9.17, 15) is 14.4 Å². The average molecular weight is 687 g/mol. The lowest BCUT2D eigenvalue weighted by Gasteiger charge is -2.30. The smallest absolute Gasteiger partial charge is 0.407 e. The number of methoxy groups -OCH3 is 3. The Bertz CT molecular complexity index is 1820. The Kier molecular flexibility index (Phi) is 10.5. The first-order valence-electron chi connectivity index (χ1n) is 17.1. The molecule has 5 N–H and O–H groups in total. The van der Waals surface area contributed by atoms with Gasteiger partial charge in [0.15, 0.2) is 0 Å². The molecular formula is C36H46N8O6. The lowest BCUT2D eigenvalue weighted by atomic mass is 10.0. The van der Waals surface area contributed by atoms with Gasteiger partial charge in [0.25, 0.3) is 0 Å². The second kappa shape index (κ2) is 15.0. The number of carbonyl (C=O) groups excluding carboxylic acids is 3. The summed E-state index contributed by atoms with van der Waals surface area (Å²) in [6.07, 6.45) is 3.46. The second-order valence-electron chi connectivity index (χ2n) is 13.0. The number of imidazole rings is 2. The fraction of sp³-hybridized carbons (Fsp3) is 0.472. The first-order chi connectivity index (χ1) is 24.1. The van der Waals surface area contributed by atoms with Crippen molar-refractivity contribution >= 4 is 28.9 Å². The highest BCUT2D eigenvalue weighted by Gasteiger charge is 2.39. The normalized spacial score (nSPS) is 20.1. The maximum absolute atomic E-state index is 13.6. The van der Waals surface area contributed by atoms with Crippen molar-refractivity contribution in [1.29, 1.82) is 0 Å². The van der Waals surface area contributed by atoms with Crippen LogP contribution in [-0.4, -0.2) is 106 Å². The minimum atomic E-state index is -0.893. The maximum Gasteiger partial charge on any atom is 0.407 e. The predicted molar refractivity (Wildman–Crippen MR) is 187 cm³/mol. The standard InChI is InChI=1S/C36H46N8O6/c1-20(48-3)30(37)34(45)43-16-6-8-28(43)32-38-19-27(41-32)23-12-10-22(11-13-23)24-14-15-25-26(18-24)40-33(39-25)29-9-7-17-44(29)35(46)31(21(2)49-4)42-36(47)50-5/h10-15,18-21,28-31H,6-9,16-17,37H2,1-5H3,(H,38,41)(H,39,40)(H,42,47)/t20-,21-,28+,29+,30+,31+/m1/s1. The zero-order valence-electron chi connectivity index (χ0n) is 29.1. The number of fused-ring (bicyclic) bond motifs is 1. The fourth-order valence-electron chi connectivity index (χ4n) is 6.91. The van der Waals surface area contributed by atoms with E-state index in [0.29, 0.717) is 18.9 Å². The summed E-state index contributed by atoms with van der Waals surface area (Å²) in [6.45, 7) is 4.72. The number of nitrogens with two attached hydrogens (primary N) is 1. The number of nitrogens with one attached hydrogen (secondary N) is 3. The SMILES string of the molecule is COC(=O)N[C@H](C(=O)N1CCC[C@H]1c1nc2ccc(-c3ccc(-c4cnc([C@@H]5CCCN5C(=O)[C@@H](N)[C@@H](C)OC)[nH]4)cc3)cc2[nH]1)[C@@H](C)OC. The number of hydrogen-bond donors (Lipinski definition) is 4. The van der Waals surface area contributed by atoms with E-state index in [2.05, 4.69) is 38.5 Å². The van der Waals surface area contributed by atoms with Gasteiger partial charge >= 0.3 is 6.09 Å². The number of carbonyl (C=O) groups is 3. The van der Waals surface area contributed by atoms with Gasteiger partial charge in [-0.2, -0.15) is 0 Å². The van der Waals surface area contributed by atoms with Crippen molar-refractivity contribution in [2.45, 2.75) is 75.9 Å². The van der Waals surface area contributed by atoms with Crippen molar-refractivity contribution in [1.82, 2.24) is 35.1 Å². The van der Waals surface area contributed by atoms with Crippen LogP contribution in [0.1, 0.15) is 63.3 Å². The molecule has 14 nitrogen and oxygen atoms in total. The second-order valence-corrected chi connectivity index (χ2v) is 13.0. The molecule has 4 heterocycles. The van der Waals surface area contributed by atoms with Gasteiger partial charge in [0.05, 0.1) is 54.3 Å². The molecule has 6 atom stereocenters. The molecular weight excluding hydrogens is 640 g/mol. The van der Waals surface area contributed by atoms with Gasteiger partial charge in [-0.25, -0.2) is 14.8 Å². The zero-order chi connectivity index (χ0) is 35.5. The summed E-state index contributed by atoms with van der Waals surface area (Å²) >= 11 is 0. The van der Waals surface area contributed by atoms with Gasteiger partial charge in [-0.15, -0.1) is 0 Å². The quantitative estimate of drug-likeness (QED) is 0.181. The Morgan fingerprint density at radius 2 is 1.46 bits per heavy atom. The molecule has 0 saturated carbocycles. The lowest BCUT2D eigenvalue weighted by Crippen LogP contribution is -2.54. The van der Waals surface area contributed by atoms with Crippen LogP contribution in [0.4, 0.5) is 4.79 Å². The molecule has 0 bridgehead atoms. The average Bonchev–Trinajstić information content (AvgIpc) is 3.97. The summed E-state index contributed by atoms with van der Waals surface area (Å²) in [5, 5.41) is 2.63. The van der Waals surface area contributed by atoms with Crippen molar-refractivity contribution in [3.8, 4) is 22.4 Å². The van der Waals surface area contributed by atoms with Crippen molar-refractivity contribution in [2.24, 2.45) is 5.73 Å². The number of nitrogens with zero attached hydrogens (tertiary/aromatic N) is 4. The van der Waals surface area contributed by atoms with E-state index >= 15 is 0 Å². The van der Waals surface area contributed by atoms with E-state index < -0.39 is 24.3 Å². The molecule has 4 aromatic rings. The summed E-state index contributed by atoms with van der Waals surface area (Å²) in [5.74, 6) is 1.08. The van der Waals surface area contributed by atoms with Crippen LogP contribution < -0.4 is 11.1 Å². The highest BCUT2D eigenvalue weighted by atomic mass is 16.5. The van der Waals surface area contributed by atoms with Gasteiger partial charge < -0.3 is 45.0 Å². The molecule has 0 radical (unpaired) electrons. The summed E-state index contributed by atoms with van der Waals surface area (Å²) in [4.78, 5) is 58.7. The Hall–Kier alpha value is -4.79. The van der Waals surface area contributed by atoms with E-state index in [1.54, 1.807) is 25.9 Å². The number of ether oxygens (including phenoxy) is 3. The number of rotatable bonds is 11. The molecule has 0 unspecified atom stereocenters. The van der Waals surface area contributed by atoms with Gasteiger partial charge in [0, 0.05) is 27.3 Å². The summed E-state index contributed by atoms with van der Waals surface area (Å²) in [6, 6.07) is 12.3. The molecule has 2 aromatic heterocycles. The topological polar surface area (TPSA) is 181 Å². The van der Waals surface area contributed by atoms with Gasteiger partial charge in [-0.3, -0.25) is 9.59 Å². The molecule has 2 saturated heterocycles. The number of benzene rings is 2. The van der Waals surface area contributed by atoms with E-state index in [-0.39, 0.29) is 30.0 Å². The molecule has 14 heteroatoms. The molecule has 2 aliphatic rings. The monoisotopic (exact) mass is 686 g/mol. The highest BCUT2D eigenvalue weighted by molar-refractivity contribution is 5.87. The van der Waals surface area contributed by atoms with Crippen molar-refractivity contribution in [2.75, 3.05) is 34.4 Å². The fourth-order valence-corrected chi connectivity index (χ4v) is 6.91. The van der Waals surface area contributed by atoms with Gasteiger partial charge in [0.2, 0.25) is 11.8 Å². The largest absolute Gasteiger partial charge is 0.453 e. The van der Waals surface area contributed by atoms with Gasteiger partial charge in [-0.1, -0.05) is 30.3 Å². The first-order valence-corrected chi connectivity index (χ1v) is 17.1. The Balaban J connectivity index is 1.16. The summed E-state index contributed by atoms with van der Waals surface area (Å²) in [5.41, 5.74) is 11.7. The van der Waals surface area contributed by atoms with E-state index in [4.69, 9.17) is 24.9 Å². The van der Waals surface area contributed by atoms with E-state index in [0.717, 1.165) is 64.9 Å². The Morgan fingerprint density at radius 1 is 0.840 bits per heavy atom. The number of likely N-dealkylation sites (tertiary alicyclic amines) is 2. The number of aromatic amines is 2. The molecule has 266 valence electrons. The molecule has 0 aliphatic carbocycles. The number of alkyl carbamates (subject to hydrolysis) is 1. The Labute approximate surface area is 291 Å². The predicted octanol–water partition coefficient (Wildman–Crippen LogP) is 4.07. The van der Waals surface area contributed by atoms with Crippen LogP contribution >= 0.6 is 0 Å².